The van der Waals surface area contributed by atoms with Crippen LogP contribution in [0, 0.1) is 0 Å². The molecule has 5 rings (SSSR count). The number of hydrogen-bond acceptors (Lipinski definition) is 6. The smallest absolute Gasteiger partial charge is 0.275 e. The molecule has 10 nitrogen and oxygen atoms in total. The number of H-pyrrole nitrogens is 1. The standard InChI is InChI=1S/C22H21ClN8O2/c23-15-5-6-19(31-14-24-13-25-31)18(11-15)26-20(32)12-29-7-9-30(10-8-29)22(33)21-16-3-1-2-4-17(16)27-28-21/h1-6,11,13-14H,7-10,12H2,(H,26,32)(H,27,28). The van der Waals surface area contributed by atoms with Crippen LogP contribution in [0.15, 0.2) is 55.1 Å². The molecule has 1 aliphatic rings. The first kappa shape index (κ1) is 21.1. The first-order valence-corrected chi connectivity index (χ1v) is 10.9. The summed E-state index contributed by atoms with van der Waals surface area (Å²) in [5.74, 6) is -0.273. The maximum absolute atomic E-state index is 12.9. The van der Waals surface area contributed by atoms with Gasteiger partial charge in [0.05, 0.1) is 23.4 Å². The van der Waals surface area contributed by atoms with E-state index in [9.17, 15) is 9.59 Å². The highest BCUT2D eigenvalue weighted by molar-refractivity contribution is 6.31. The molecule has 0 spiro atoms. The molecule has 168 valence electrons. The minimum atomic E-state index is -0.170. The van der Waals surface area contributed by atoms with E-state index in [1.54, 1.807) is 34.1 Å². The Balaban J connectivity index is 1.19. The number of hydrogen-bond donors (Lipinski definition) is 2. The lowest BCUT2D eigenvalue weighted by Gasteiger charge is -2.34. The number of benzene rings is 2. The van der Waals surface area contributed by atoms with Crippen molar-refractivity contribution in [1.29, 1.82) is 0 Å². The number of aromatic nitrogens is 5. The SMILES string of the molecule is O=C(CN1CCN(C(=O)c2n[nH]c3ccccc23)CC1)Nc1cc(Cl)ccc1-n1cncn1. The highest BCUT2D eigenvalue weighted by Gasteiger charge is 2.26. The van der Waals surface area contributed by atoms with Gasteiger partial charge in [0.25, 0.3) is 5.91 Å². The second-order valence-corrected chi connectivity index (χ2v) is 8.17. The van der Waals surface area contributed by atoms with Crippen LogP contribution in [0.2, 0.25) is 5.02 Å². The van der Waals surface area contributed by atoms with Gasteiger partial charge in [0.2, 0.25) is 5.91 Å². The number of amides is 2. The molecule has 1 aliphatic heterocycles. The lowest BCUT2D eigenvalue weighted by molar-refractivity contribution is -0.117. The van der Waals surface area contributed by atoms with Crippen molar-refractivity contribution < 1.29 is 9.59 Å². The summed E-state index contributed by atoms with van der Waals surface area (Å²) in [6.45, 7) is 2.43. The molecule has 1 fully saturated rings. The summed E-state index contributed by atoms with van der Waals surface area (Å²) in [5.41, 5.74) is 2.49. The topological polar surface area (TPSA) is 112 Å². The van der Waals surface area contributed by atoms with E-state index in [0.717, 1.165) is 10.9 Å². The number of fused-ring (bicyclic) bond motifs is 1. The average Bonchev–Trinajstić information content (AvgIpc) is 3.49. The third-order valence-corrected chi connectivity index (χ3v) is 5.83. The molecule has 2 aromatic carbocycles. The van der Waals surface area contributed by atoms with E-state index in [1.165, 1.54) is 6.33 Å². The van der Waals surface area contributed by atoms with Crippen LogP contribution in [0.4, 0.5) is 5.69 Å². The van der Waals surface area contributed by atoms with Crippen LogP contribution in [0.3, 0.4) is 0 Å². The zero-order valence-corrected chi connectivity index (χ0v) is 18.4. The second-order valence-electron chi connectivity index (χ2n) is 7.74. The lowest BCUT2D eigenvalue weighted by Crippen LogP contribution is -2.50. The average molecular weight is 465 g/mol. The molecule has 1 saturated heterocycles. The van der Waals surface area contributed by atoms with E-state index in [-0.39, 0.29) is 18.4 Å². The Morgan fingerprint density at radius 1 is 1.09 bits per heavy atom. The second kappa shape index (κ2) is 9.00. The van der Waals surface area contributed by atoms with Crippen molar-refractivity contribution in [2.75, 3.05) is 38.0 Å². The van der Waals surface area contributed by atoms with Crippen molar-refractivity contribution in [3.63, 3.8) is 0 Å². The van der Waals surface area contributed by atoms with E-state index >= 15 is 0 Å². The number of nitrogens with zero attached hydrogens (tertiary/aromatic N) is 6. The van der Waals surface area contributed by atoms with Crippen LogP contribution in [0.1, 0.15) is 10.5 Å². The summed E-state index contributed by atoms with van der Waals surface area (Å²) >= 11 is 6.13. The number of rotatable bonds is 5. The molecule has 3 heterocycles. The summed E-state index contributed by atoms with van der Waals surface area (Å²) in [7, 11) is 0. The van der Waals surface area contributed by atoms with Gasteiger partial charge in [-0.15, -0.1) is 0 Å². The summed E-state index contributed by atoms with van der Waals surface area (Å²) in [5, 5.41) is 15.5. The van der Waals surface area contributed by atoms with E-state index in [2.05, 4.69) is 25.6 Å². The molecular weight excluding hydrogens is 444 g/mol. The molecule has 11 heteroatoms. The maximum atomic E-state index is 12.9. The Bertz CT molecular complexity index is 1290. The number of piperazine rings is 1. The lowest BCUT2D eigenvalue weighted by atomic mass is 10.2. The Labute approximate surface area is 194 Å². The maximum Gasteiger partial charge on any atom is 0.275 e. The summed E-state index contributed by atoms with van der Waals surface area (Å²) in [4.78, 5) is 33.4. The minimum Gasteiger partial charge on any atom is -0.335 e. The van der Waals surface area contributed by atoms with Crippen LogP contribution >= 0.6 is 11.6 Å². The molecular formula is C22H21ClN8O2. The van der Waals surface area contributed by atoms with Gasteiger partial charge in [0.1, 0.15) is 12.7 Å². The number of aromatic amines is 1. The fourth-order valence-electron chi connectivity index (χ4n) is 3.92. The third kappa shape index (κ3) is 4.43. The molecule has 4 aromatic rings. The largest absolute Gasteiger partial charge is 0.335 e. The Morgan fingerprint density at radius 3 is 2.70 bits per heavy atom. The van der Waals surface area contributed by atoms with E-state index in [0.29, 0.717) is 48.3 Å². The van der Waals surface area contributed by atoms with Crippen molar-refractivity contribution in [1.82, 2.24) is 34.8 Å². The summed E-state index contributed by atoms with van der Waals surface area (Å²) < 4.78 is 1.56. The molecule has 0 unspecified atom stereocenters. The Hall–Kier alpha value is -3.76. The zero-order valence-electron chi connectivity index (χ0n) is 17.6. The minimum absolute atomic E-state index is 0.104. The molecule has 0 saturated carbocycles. The molecule has 2 amide bonds. The van der Waals surface area contributed by atoms with E-state index in [1.807, 2.05) is 29.2 Å². The van der Waals surface area contributed by atoms with Gasteiger partial charge in [-0.2, -0.15) is 10.2 Å². The summed E-state index contributed by atoms with van der Waals surface area (Å²) in [6.07, 6.45) is 2.98. The van der Waals surface area contributed by atoms with Gasteiger partial charge in [0, 0.05) is 36.6 Å². The number of halogens is 1. The van der Waals surface area contributed by atoms with Crippen molar-refractivity contribution in [3.05, 3.63) is 65.8 Å². The number of carbonyl (C=O) groups is 2. The fraction of sp³-hybridized carbons (Fsp3) is 0.227. The first-order valence-electron chi connectivity index (χ1n) is 10.5. The molecule has 0 radical (unpaired) electrons. The number of anilines is 1. The van der Waals surface area contributed by atoms with Crippen LogP contribution in [-0.4, -0.2) is 79.3 Å². The van der Waals surface area contributed by atoms with Gasteiger partial charge < -0.3 is 10.2 Å². The van der Waals surface area contributed by atoms with Crippen LogP contribution in [0.25, 0.3) is 16.6 Å². The van der Waals surface area contributed by atoms with Gasteiger partial charge in [-0.25, -0.2) is 9.67 Å². The van der Waals surface area contributed by atoms with Crippen molar-refractivity contribution in [3.8, 4) is 5.69 Å². The third-order valence-electron chi connectivity index (χ3n) is 5.60. The van der Waals surface area contributed by atoms with Crippen LogP contribution in [0.5, 0.6) is 0 Å². The fourth-order valence-corrected chi connectivity index (χ4v) is 4.09. The van der Waals surface area contributed by atoms with Crippen molar-refractivity contribution >= 4 is 40.0 Å². The van der Waals surface area contributed by atoms with Gasteiger partial charge in [-0.3, -0.25) is 19.6 Å². The van der Waals surface area contributed by atoms with E-state index < -0.39 is 0 Å². The summed E-state index contributed by atoms with van der Waals surface area (Å²) in [6, 6.07) is 12.8. The molecule has 33 heavy (non-hydrogen) atoms. The van der Waals surface area contributed by atoms with Crippen molar-refractivity contribution in [2.45, 2.75) is 0 Å². The molecule has 2 aromatic heterocycles. The first-order chi connectivity index (χ1) is 16.1. The van der Waals surface area contributed by atoms with Crippen LogP contribution < -0.4 is 5.32 Å². The predicted molar refractivity (Wildman–Crippen MR) is 123 cm³/mol. The Morgan fingerprint density at radius 2 is 1.91 bits per heavy atom. The van der Waals surface area contributed by atoms with Gasteiger partial charge in [-0.05, 0) is 24.3 Å². The highest BCUT2D eigenvalue weighted by Crippen LogP contribution is 2.24. The highest BCUT2D eigenvalue weighted by atomic mass is 35.5. The van der Waals surface area contributed by atoms with Gasteiger partial charge >= 0.3 is 0 Å². The number of para-hydroxylation sites is 1. The zero-order chi connectivity index (χ0) is 22.8. The molecule has 0 aliphatic carbocycles. The molecule has 0 atom stereocenters. The van der Waals surface area contributed by atoms with Gasteiger partial charge in [0.15, 0.2) is 5.69 Å². The monoisotopic (exact) mass is 464 g/mol. The number of carbonyl (C=O) groups excluding carboxylic acids is 2. The molecule has 0 bridgehead atoms. The molecule has 2 N–H and O–H groups in total. The van der Waals surface area contributed by atoms with E-state index in [4.69, 9.17) is 11.6 Å². The normalized spacial score (nSPS) is 14.5. The van der Waals surface area contributed by atoms with Crippen molar-refractivity contribution in [2.24, 2.45) is 0 Å². The van der Waals surface area contributed by atoms with Crippen LogP contribution in [-0.2, 0) is 4.79 Å². The Kier molecular flexibility index (Phi) is 5.76. The quantitative estimate of drug-likeness (QED) is 0.468. The predicted octanol–water partition coefficient (Wildman–Crippen LogP) is 2.19. The number of nitrogens with one attached hydrogen (secondary N) is 2. The van der Waals surface area contributed by atoms with Gasteiger partial charge in [-0.1, -0.05) is 29.8 Å².